The Balaban J connectivity index is 1.14. The summed E-state index contributed by atoms with van der Waals surface area (Å²) in [6, 6.07) is 31.7. The van der Waals surface area contributed by atoms with E-state index in [4.69, 9.17) is 18.9 Å². The van der Waals surface area contributed by atoms with E-state index in [2.05, 4.69) is 41.7 Å². The van der Waals surface area contributed by atoms with E-state index in [1.165, 1.54) is 7.11 Å². The summed E-state index contributed by atoms with van der Waals surface area (Å²) in [6.45, 7) is 0.494. The number of hydrogen-bond acceptors (Lipinski definition) is 7. The minimum absolute atomic E-state index is 0.0476. The Morgan fingerprint density at radius 3 is 2.02 bits per heavy atom. The maximum absolute atomic E-state index is 13.3. The van der Waals surface area contributed by atoms with Crippen LogP contribution >= 0.6 is 0 Å². The van der Waals surface area contributed by atoms with Crippen molar-refractivity contribution in [1.29, 1.82) is 0 Å². The van der Waals surface area contributed by atoms with Gasteiger partial charge in [0.1, 0.15) is 23.1 Å². The molecule has 1 unspecified atom stereocenters. The van der Waals surface area contributed by atoms with Gasteiger partial charge in [0, 0.05) is 36.7 Å². The van der Waals surface area contributed by atoms with Gasteiger partial charge in [-0.2, -0.15) is 0 Å². The predicted octanol–water partition coefficient (Wildman–Crippen LogP) is 7.38. The maximum Gasteiger partial charge on any atom is 0.328 e. The molecule has 0 bridgehead atoms. The Labute approximate surface area is 275 Å². The third kappa shape index (κ3) is 6.33. The van der Waals surface area contributed by atoms with Crippen LogP contribution in [-0.2, 0) is 26.3 Å². The molecular formula is C39H40N2O6. The molecule has 2 heterocycles. The normalized spacial score (nSPS) is 14.0. The van der Waals surface area contributed by atoms with Crippen LogP contribution in [-0.4, -0.2) is 50.4 Å². The van der Waals surface area contributed by atoms with Crippen molar-refractivity contribution >= 4 is 28.5 Å². The Morgan fingerprint density at radius 1 is 0.766 bits per heavy atom. The van der Waals surface area contributed by atoms with Crippen molar-refractivity contribution < 1.29 is 28.5 Å². The molecule has 0 spiro atoms. The van der Waals surface area contributed by atoms with Gasteiger partial charge >= 0.3 is 5.97 Å². The molecule has 0 saturated carbocycles. The average Bonchev–Trinajstić information content (AvgIpc) is 3.77. The number of carbonyl (C=O) groups excluding carboxylic acids is 2. The molecule has 8 nitrogen and oxygen atoms in total. The number of nitrogens with zero attached hydrogens (tertiary/aromatic N) is 1. The fraction of sp³-hybridized carbons (Fsp3) is 0.282. The van der Waals surface area contributed by atoms with Crippen LogP contribution in [0.1, 0.15) is 52.7 Å². The fourth-order valence-corrected chi connectivity index (χ4v) is 6.55. The van der Waals surface area contributed by atoms with Gasteiger partial charge in [-0.15, -0.1) is 0 Å². The number of nitrogens with one attached hydrogen (secondary N) is 1. The molecule has 0 amide bonds. The van der Waals surface area contributed by atoms with Crippen molar-refractivity contribution in [2.45, 2.75) is 43.7 Å². The zero-order chi connectivity index (χ0) is 32.8. The van der Waals surface area contributed by atoms with Gasteiger partial charge in [-0.1, -0.05) is 61.0 Å². The van der Waals surface area contributed by atoms with Crippen molar-refractivity contribution in [3.05, 3.63) is 126 Å². The number of ether oxygens (including phenoxy) is 4. The zero-order valence-electron chi connectivity index (χ0n) is 27.0. The molecule has 4 aromatic carbocycles. The van der Waals surface area contributed by atoms with Gasteiger partial charge in [-0.05, 0) is 77.6 Å². The molecule has 0 fully saturated rings. The summed E-state index contributed by atoms with van der Waals surface area (Å²) in [5, 5.41) is 4.21. The predicted molar refractivity (Wildman–Crippen MR) is 182 cm³/mol. The summed E-state index contributed by atoms with van der Waals surface area (Å²) in [5.74, 6) is 1.31. The molecule has 1 aliphatic heterocycles. The summed E-state index contributed by atoms with van der Waals surface area (Å²) in [6.07, 6.45) is 5.15. The lowest BCUT2D eigenvalue weighted by molar-refractivity contribution is -0.141. The van der Waals surface area contributed by atoms with Crippen molar-refractivity contribution in [2.75, 3.05) is 33.3 Å². The van der Waals surface area contributed by atoms with E-state index >= 15 is 0 Å². The summed E-state index contributed by atoms with van der Waals surface area (Å²) >= 11 is 0. The van der Waals surface area contributed by atoms with Crippen molar-refractivity contribution in [1.82, 2.24) is 4.57 Å². The lowest BCUT2D eigenvalue weighted by Crippen LogP contribution is -2.33. The van der Waals surface area contributed by atoms with E-state index < -0.39 is 11.6 Å². The number of carbonyl (C=O) groups is 2. The monoisotopic (exact) mass is 632 g/mol. The number of anilines is 1. The van der Waals surface area contributed by atoms with E-state index in [0.29, 0.717) is 19.4 Å². The Hall–Kier alpha value is -5.08. The summed E-state index contributed by atoms with van der Waals surface area (Å²) < 4.78 is 24.5. The molecule has 0 saturated heterocycles. The van der Waals surface area contributed by atoms with E-state index in [-0.39, 0.29) is 11.9 Å². The lowest BCUT2D eigenvalue weighted by atomic mass is 9.80. The second-order valence-electron chi connectivity index (χ2n) is 11.7. The van der Waals surface area contributed by atoms with Gasteiger partial charge in [0.25, 0.3) is 0 Å². The number of unbranched alkanes of at least 4 members (excludes halogenated alkanes) is 2. The van der Waals surface area contributed by atoms with Crippen molar-refractivity contribution in [3.63, 3.8) is 0 Å². The minimum atomic E-state index is -0.859. The molecule has 1 N–H and O–H groups in total. The third-order valence-electron chi connectivity index (χ3n) is 9.00. The molecule has 0 radical (unpaired) electrons. The fourth-order valence-electron chi connectivity index (χ4n) is 6.55. The maximum atomic E-state index is 13.3. The molecule has 242 valence electrons. The van der Waals surface area contributed by atoms with Crippen LogP contribution in [0.3, 0.4) is 0 Å². The van der Waals surface area contributed by atoms with E-state index in [1.807, 2.05) is 66.9 Å². The molecule has 1 aromatic heterocycles. The van der Waals surface area contributed by atoms with Gasteiger partial charge in [0.15, 0.2) is 0 Å². The number of fused-ring (bicyclic) bond motifs is 3. The Bertz CT molecular complexity index is 1780. The summed E-state index contributed by atoms with van der Waals surface area (Å²) in [4.78, 5) is 25.4. The van der Waals surface area contributed by atoms with Crippen LogP contribution in [0, 0.1) is 0 Å². The number of hydrogen-bond donors (Lipinski definition) is 1. The van der Waals surface area contributed by atoms with E-state index in [9.17, 15) is 9.59 Å². The molecule has 47 heavy (non-hydrogen) atoms. The average molecular weight is 633 g/mol. The van der Waals surface area contributed by atoms with Gasteiger partial charge < -0.3 is 24.3 Å². The van der Waals surface area contributed by atoms with Crippen LogP contribution in [0.25, 0.3) is 10.9 Å². The van der Waals surface area contributed by atoms with Gasteiger partial charge in [0.05, 0.1) is 26.8 Å². The van der Waals surface area contributed by atoms with Gasteiger partial charge in [0.2, 0.25) is 5.91 Å². The molecule has 5 aromatic rings. The van der Waals surface area contributed by atoms with Crippen LogP contribution in [0.15, 0.2) is 103 Å². The first kappa shape index (κ1) is 31.9. The highest BCUT2D eigenvalue weighted by Gasteiger charge is 2.37. The topological polar surface area (TPSA) is 88.0 Å². The second kappa shape index (κ2) is 14.1. The summed E-state index contributed by atoms with van der Waals surface area (Å²) in [5.41, 5.74) is 4.95. The molecular weight excluding hydrogens is 592 g/mol. The van der Waals surface area contributed by atoms with Crippen LogP contribution in [0.4, 0.5) is 5.69 Å². The highest BCUT2D eigenvalue weighted by molar-refractivity contribution is 5.98. The second-order valence-corrected chi connectivity index (χ2v) is 11.7. The number of aromatic nitrogens is 1. The Kier molecular flexibility index (Phi) is 9.59. The molecule has 1 aliphatic rings. The number of methoxy groups -OCH3 is 3. The van der Waals surface area contributed by atoms with Crippen LogP contribution in [0.2, 0.25) is 0 Å². The molecule has 8 heteroatoms. The van der Waals surface area contributed by atoms with Crippen LogP contribution < -0.4 is 14.8 Å². The van der Waals surface area contributed by atoms with Gasteiger partial charge in [-0.3, -0.25) is 9.36 Å². The molecule has 0 aliphatic carbocycles. The summed E-state index contributed by atoms with van der Waals surface area (Å²) in [7, 11) is 4.72. The number of rotatable bonds is 13. The first-order chi connectivity index (χ1) is 23.0. The number of benzene rings is 4. The first-order valence-electron chi connectivity index (χ1n) is 16.0. The third-order valence-corrected chi connectivity index (χ3v) is 9.00. The SMILES string of the molecule is COC(=O)C1Cc2c(ccc3c2ccn3C(=O)CCCCCOC(c2ccccc2)(c2ccc(OC)cc2)c2ccc(OC)cc2)N1. The highest BCUT2D eigenvalue weighted by Crippen LogP contribution is 2.42. The minimum Gasteiger partial charge on any atom is -0.497 e. The first-order valence-corrected chi connectivity index (χ1v) is 16.0. The molecule has 6 rings (SSSR count). The highest BCUT2D eigenvalue weighted by atomic mass is 16.5. The smallest absolute Gasteiger partial charge is 0.328 e. The standard InChI is InChI=1S/C39H40N2O6/c1-44-30-17-13-28(14-18-30)39(27-10-6-4-7-11-27,29-15-19-31(45-2)20-16-29)47-25-9-5-8-12-37(42)41-24-23-32-33-26-35(38(43)46-3)40-34(33)21-22-36(32)41/h4,6-7,10-11,13-24,35,40H,5,8-9,12,25-26H2,1-3H3. The lowest BCUT2D eigenvalue weighted by Gasteiger charge is -2.36. The van der Waals surface area contributed by atoms with E-state index in [0.717, 1.165) is 69.6 Å². The Morgan fingerprint density at radius 2 is 1.40 bits per heavy atom. The van der Waals surface area contributed by atoms with Crippen molar-refractivity contribution in [2.24, 2.45) is 0 Å². The number of esters is 1. The quantitative estimate of drug-likeness (QED) is 0.0824. The molecule has 1 atom stereocenters. The van der Waals surface area contributed by atoms with Gasteiger partial charge in [-0.25, -0.2) is 4.79 Å². The largest absolute Gasteiger partial charge is 0.497 e. The van der Waals surface area contributed by atoms with Crippen molar-refractivity contribution in [3.8, 4) is 11.5 Å². The van der Waals surface area contributed by atoms with Crippen LogP contribution in [0.5, 0.6) is 11.5 Å². The zero-order valence-corrected chi connectivity index (χ0v) is 27.0. The van der Waals surface area contributed by atoms with E-state index in [1.54, 1.807) is 18.8 Å².